The normalized spacial score (nSPS) is 9.33. The van der Waals surface area contributed by atoms with E-state index < -0.39 is 0 Å². The van der Waals surface area contributed by atoms with Gasteiger partial charge in [-0.05, 0) is 5.92 Å². The standard InChI is InChI=1S/C8H17.Nd/c1-4-5-6-7-8(2)3;/h8H,1,4-7H2,2-3H3;. The Kier molecular flexibility index (Phi) is 13.5. The fourth-order valence-corrected chi connectivity index (χ4v) is 0.729. The van der Waals surface area contributed by atoms with Gasteiger partial charge in [-0.25, -0.2) is 0 Å². The van der Waals surface area contributed by atoms with Gasteiger partial charge in [0.15, 0.2) is 0 Å². The third kappa shape index (κ3) is 12.5. The van der Waals surface area contributed by atoms with Gasteiger partial charge in [-0.3, -0.25) is 0 Å². The Morgan fingerprint density at radius 1 is 1.22 bits per heavy atom. The first-order valence-electron chi connectivity index (χ1n) is 3.56. The molecule has 53 valence electrons. The van der Waals surface area contributed by atoms with Crippen LogP contribution >= 0.6 is 0 Å². The second-order valence-electron chi connectivity index (χ2n) is 2.74. The zero-order valence-corrected chi connectivity index (χ0v) is 9.82. The Balaban J connectivity index is 0. The van der Waals surface area contributed by atoms with Crippen LogP contribution in [0.3, 0.4) is 0 Å². The van der Waals surface area contributed by atoms with Crippen LogP contribution in [-0.2, 0) is 0 Å². The fraction of sp³-hybridized carbons (Fsp3) is 0.875. The van der Waals surface area contributed by atoms with Gasteiger partial charge in [-0.2, -0.15) is 0 Å². The first-order valence-corrected chi connectivity index (χ1v) is 3.56. The molecule has 0 saturated heterocycles. The van der Waals surface area contributed by atoms with E-state index in [4.69, 9.17) is 0 Å². The van der Waals surface area contributed by atoms with Crippen molar-refractivity contribution in [2.24, 2.45) is 5.92 Å². The first kappa shape index (κ1) is 13.0. The molecule has 0 aromatic heterocycles. The van der Waals surface area contributed by atoms with Crippen molar-refractivity contribution in [2.45, 2.75) is 39.5 Å². The number of hydrogen-bond acceptors (Lipinski definition) is 0. The van der Waals surface area contributed by atoms with Gasteiger partial charge in [0.2, 0.25) is 0 Å². The van der Waals surface area contributed by atoms with Gasteiger partial charge in [-0.1, -0.05) is 46.5 Å². The molecule has 0 atom stereocenters. The van der Waals surface area contributed by atoms with Crippen molar-refractivity contribution in [1.29, 1.82) is 0 Å². The van der Waals surface area contributed by atoms with Crippen LogP contribution in [0.25, 0.3) is 0 Å². The SMILES string of the molecule is [CH2]CCCCC(C)C.[Nd]. The molecule has 0 aromatic rings. The zero-order chi connectivity index (χ0) is 6.41. The van der Waals surface area contributed by atoms with Crippen LogP contribution in [0, 0.1) is 53.7 Å². The Labute approximate surface area is 92.3 Å². The molecule has 0 heterocycles. The molecule has 0 aliphatic rings. The molecule has 0 fully saturated rings. The quantitative estimate of drug-likeness (QED) is 0.679. The number of rotatable bonds is 4. The molecule has 0 aromatic carbocycles. The summed E-state index contributed by atoms with van der Waals surface area (Å²) in [6.45, 7) is 8.32. The van der Waals surface area contributed by atoms with Crippen LogP contribution < -0.4 is 0 Å². The van der Waals surface area contributed by atoms with Gasteiger partial charge in [-0.15, -0.1) is 0 Å². The van der Waals surface area contributed by atoms with Gasteiger partial charge < -0.3 is 0 Å². The van der Waals surface area contributed by atoms with Crippen LogP contribution in [0.1, 0.15) is 39.5 Å². The molecule has 0 aliphatic heterocycles. The summed E-state index contributed by atoms with van der Waals surface area (Å²) in [6, 6.07) is 0. The van der Waals surface area contributed by atoms with Gasteiger partial charge in [0, 0.05) is 40.8 Å². The third-order valence-electron chi connectivity index (χ3n) is 1.28. The second-order valence-corrected chi connectivity index (χ2v) is 2.74. The summed E-state index contributed by atoms with van der Waals surface area (Å²) in [5, 5.41) is 0. The van der Waals surface area contributed by atoms with E-state index in [1.54, 1.807) is 0 Å². The summed E-state index contributed by atoms with van der Waals surface area (Å²) >= 11 is 0. The minimum atomic E-state index is 0. The van der Waals surface area contributed by atoms with E-state index in [2.05, 4.69) is 20.8 Å². The number of unbranched alkanes of at least 4 members (excludes halogenated alkanes) is 2. The summed E-state index contributed by atoms with van der Waals surface area (Å²) in [5.74, 6) is 0.876. The zero-order valence-electron chi connectivity index (χ0n) is 6.61. The summed E-state index contributed by atoms with van der Waals surface area (Å²) in [6.07, 6.45) is 5.14. The topological polar surface area (TPSA) is 0 Å². The monoisotopic (exact) mass is 255 g/mol. The van der Waals surface area contributed by atoms with Crippen molar-refractivity contribution in [1.82, 2.24) is 0 Å². The summed E-state index contributed by atoms with van der Waals surface area (Å²) in [4.78, 5) is 0. The molecule has 0 aliphatic carbocycles. The van der Waals surface area contributed by atoms with Crippen LogP contribution in [0.15, 0.2) is 0 Å². The van der Waals surface area contributed by atoms with Crippen molar-refractivity contribution in [3.8, 4) is 0 Å². The average molecular weight is 257 g/mol. The van der Waals surface area contributed by atoms with E-state index in [1.807, 2.05) is 0 Å². The molecule has 0 bridgehead atoms. The van der Waals surface area contributed by atoms with Crippen molar-refractivity contribution in [3.05, 3.63) is 6.92 Å². The molecule has 0 saturated carbocycles. The average Bonchev–Trinajstić information content (AvgIpc) is 1.66. The molecule has 0 amide bonds. The van der Waals surface area contributed by atoms with Crippen molar-refractivity contribution >= 4 is 0 Å². The van der Waals surface area contributed by atoms with E-state index in [1.165, 1.54) is 19.3 Å². The largest absolute Gasteiger partial charge is 0.0628 e. The summed E-state index contributed by atoms with van der Waals surface area (Å²) < 4.78 is 0. The van der Waals surface area contributed by atoms with E-state index in [9.17, 15) is 0 Å². The number of hydrogen-bond donors (Lipinski definition) is 0. The second kappa shape index (κ2) is 9.35. The molecular formula is C8H17Nd. The van der Waals surface area contributed by atoms with Gasteiger partial charge >= 0.3 is 0 Å². The molecule has 0 spiro atoms. The first-order chi connectivity index (χ1) is 3.77. The smallest absolute Gasteiger partial charge is 0 e. The maximum Gasteiger partial charge on any atom is 0 e. The fourth-order valence-electron chi connectivity index (χ4n) is 0.729. The minimum Gasteiger partial charge on any atom is -0.0628 e. The van der Waals surface area contributed by atoms with Crippen molar-refractivity contribution in [3.63, 3.8) is 0 Å². The molecule has 1 heteroatoms. The Morgan fingerprint density at radius 2 is 1.78 bits per heavy atom. The minimum absolute atomic E-state index is 0. The summed E-state index contributed by atoms with van der Waals surface area (Å²) in [7, 11) is 0. The van der Waals surface area contributed by atoms with Gasteiger partial charge in [0.25, 0.3) is 0 Å². The van der Waals surface area contributed by atoms with Crippen LogP contribution in [0.4, 0.5) is 0 Å². The van der Waals surface area contributed by atoms with Crippen molar-refractivity contribution < 1.29 is 40.8 Å². The van der Waals surface area contributed by atoms with Crippen LogP contribution in [-0.4, -0.2) is 0 Å². The van der Waals surface area contributed by atoms with E-state index in [0.717, 1.165) is 12.3 Å². The predicted molar refractivity (Wildman–Crippen MR) is 38.7 cm³/mol. The van der Waals surface area contributed by atoms with Crippen LogP contribution in [0.5, 0.6) is 0 Å². The molecule has 9 heavy (non-hydrogen) atoms. The maximum absolute atomic E-state index is 3.78. The Bertz CT molecular complexity index is 41.8. The molecule has 0 unspecified atom stereocenters. The van der Waals surface area contributed by atoms with E-state index >= 15 is 0 Å². The van der Waals surface area contributed by atoms with Gasteiger partial charge in [0.05, 0.1) is 0 Å². The Morgan fingerprint density at radius 3 is 2.11 bits per heavy atom. The maximum atomic E-state index is 3.78. The predicted octanol–water partition coefficient (Wildman–Crippen LogP) is 3.04. The van der Waals surface area contributed by atoms with E-state index in [0.29, 0.717) is 0 Å². The Hall–Kier alpha value is 1.35. The van der Waals surface area contributed by atoms with Crippen LogP contribution in [0.2, 0.25) is 0 Å². The molecule has 1 radical (unpaired) electrons. The van der Waals surface area contributed by atoms with Gasteiger partial charge in [0.1, 0.15) is 0 Å². The summed E-state index contributed by atoms with van der Waals surface area (Å²) in [5.41, 5.74) is 0. The molecular weight excluding hydrogens is 240 g/mol. The molecule has 0 rings (SSSR count). The third-order valence-corrected chi connectivity index (χ3v) is 1.28. The molecule has 0 N–H and O–H groups in total. The van der Waals surface area contributed by atoms with Crippen molar-refractivity contribution in [2.75, 3.05) is 0 Å². The van der Waals surface area contributed by atoms with E-state index in [-0.39, 0.29) is 40.8 Å². The molecule has 0 nitrogen and oxygen atoms in total.